The van der Waals surface area contributed by atoms with Crippen LogP contribution >= 0.6 is 0 Å². The molecule has 1 amide bonds. The van der Waals surface area contributed by atoms with E-state index in [1.54, 1.807) is 0 Å². The van der Waals surface area contributed by atoms with Crippen LogP contribution < -0.4 is 10.1 Å². The van der Waals surface area contributed by atoms with Crippen molar-refractivity contribution < 1.29 is 24.2 Å². The molecule has 1 atom stereocenters. The number of rotatable bonds is 10. The molecule has 0 unspecified atom stereocenters. The van der Waals surface area contributed by atoms with Gasteiger partial charge in [-0.2, -0.15) is 0 Å². The molecule has 196 valence electrons. The summed E-state index contributed by atoms with van der Waals surface area (Å²) in [6, 6.07) is 8.65. The number of ether oxygens (including phenoxy) is 2. The van der Waals surface area contributed by atoms with Crippen molar-refractivity contribution in [2.75, 3.05) is 25.3 Å². The van der Waals surface area contributed by atoms with Crippen LogP contribution in [0, 0.1) is 29.4 Å². The van der Waals surface area contributed by atoms with Crippen molar-refractivity contribution in [2.24, 2.45) is 5.41 Å². The molecule has 0 aliphatic carbocycles. The highest BCUT2D eigenvalue weighted by Gasteiger charge is 2.33. The fraction of sp³-hybridized carbons (Fsp3) is 0.536. The normalized spacial score (nSPS) is 14.9. The second kappa shape index (κ2) is 11.3. The lowest BCUT2D eigenvalue weighted by Crippen LogP contribution is -2.21. The fourth-order valence-electron chi connectivity index (χ4n) is 4.75. The van der Waals surface area contributed by atoms with Crippen molar-refractivity contribution in [2.45, 2.75) is 73.1 Å². The predicted octanol–water partition coefficient (Wildman–Crippen LogP) is 6.05. The van der Waals surface area contributed by atoms with E-state index in [1.165, 1.54) is 11.1 Å². The van der Waals surface area contributed by atoms with E-state index < -0.39 is 11.9 Å². The van der Waals surface area contributed by atoms with E-state index in [9.17, 15) is 14.9 Å². The number of nitrogens with one attached hydrogen (secondary N) is 1. The maximum atomic E-state index is 12.9. The summed E-state index contributed by atoms with van der Waals surface area (Å²) >= 11 is 0. The zero-order chi connectivity index (χ0) is 26.6. The van der Waals surface area contributed by atoms with Crippen LogP contribution in [0.15, 0.2) is 24.3 Å². The third-order valence-corrected chi connectivity index (χ3v) is 6.57. The molecule has 2 aromatic carbocycles. The number of fused-ring (bicyclic) bond motifs is 1. The number of carbonyl (C=O) groups is 1. The van der Waals surface area contributed by atoms with E-state index in [0.717, 1.165) is 33.7 Å². The Morgan fingerprint density at radius 2 is 1.86 bits per heavy atom. The van der Waals surface area contributed by atoms with Crippen molar-refractivity contribution in [3.05, 3.63) is 67.8 Å². The lowest BCUT2D eigenvalue weighted by atomic mass is 9.84. The van der Waals surface area contributed by atoms with Gasteiger partial charge in [0, 0.05) is 29.2 Å². The minimum Gasteiger partial charge on any atom is -0.492 e. The van der Waals surface area contributed by atoms with E-state index in [-0.39, 0.29) is 23.8 Å². The first-order valence-electron chi connectivity index (χ1n) is 12.4. The molecule has 8 heteroatoms. The number of anilines is 1. The molecule has 36 heavy (non-hydrogen) atoms. The molecule has 0 saturated heterocycles. The predicted molar refractivity (Wildman–Crippen MR) is 139 cm³/mol. The summed E-state index contributed by atoms with van der Waals surface area (Å²) in [5.74, 6) is 1.27. The Labute approximate surface area is 213 Å². The smallest absolute Gasteiger partial charge is 0.296 e. The number of amides is 1. The summed E-state index contributed by atoms with van der Waals surface area (Å²) in [6.45, 7) is 14.8. The Morgan fingerprint density at radius 1 is 1.19 bits per heavy atom. The topological polar surface area (TPSA) is 99.9 Å². The zero-order valence-electron chi connectivity index (χ0n) is 22.4. The molecule has 0 radical (unpaired) electrons. The van der Waals surface area contributed by atoms with Crippen LogP contribution in [-0.4, -0.2) is 31.0 Å². The number of benzene rings is 2. The van der Waals surface area contributed by atoms with Crippen molar-refractivity contribution in [1.82, 2.24) is 0 Å². The average molecular weight is 499 g/mol. The summed E-state index contributed by atoms with van der Waals surface area (Å²) in [6.07, 6.45) is 0.868. The maximum Gasteiger partial charge on any atom is 0.296 e. The van der Waals surface area contributed by atoms with Gasteiger partial charge in [0.1, 0.15) is 5.75 Å². The molecule has 0 fully saturated rings. The first-order chi connectivity index (χ1) is 16.9. The number of carbonyl (C=O) groups excluding carboxylic acids is 1. The van der Waals surface area contributed by atoms with Crippen molar-refractivity contribution in [3.63, 3.8) is 0 Å². The third-order valence-electron chi connectivity index (χ3n) is 6.57. The highest BCUT2D eigenvalue weighted by Crippen LogP contribution is 2.47. The summed E-state index contributed by atoms with van der Waals surface area (Å²) in [5.41, 5.74) is 7.03. The van der Waals surface area contributed by atoms with Gasteiger partial charge in [-0.1, -0.05) is 58.9 Å². The molecule has 0 spiro atoms. The molecule has 0 saturated carbocycles. The molecule has 3 rings (SSSR count). The van der Waals surface area contributed by atoms with Crippen molar-refractivity contribution >= 4 is 11.6 Å². The van der Waals surface area contributed by atoms with E-state index >= 15 is 0 Å². The summed E-state index contributed by atoms with van der Waals surface area (Å²) < 4.78 is 11.6. The zero-order valence-corrected chi connectivity index (χ0v) is 22.4. The molecule has 1 aliphatic heterocycles. The van der Waals surface area contributed by atoms with Gasteiger partial charge in [0.25, 0.3) is 5.09 Å². The van der Waals surface area contributed by atoms with Gasteiger partial charge in [-0.25, -0.2) is 0 Å². The van der Waals surface area contributed by atoms with Crippen molar-refractivity contribution in [1.29, 1.82) is 0 Å². The van der Waals surface area contributed by atoms with Crippen LogP contribution in [0.25, 0.3) is 0 Å². The van der Waals surface area contributed by atoms with Gasteiger partial charge < -0.3 is 14.8 Å². The molecular weight excluding hydrogens is 460 g/mol. The lowest BCUT2D eigenvalue weighted by Gasteiger charge is -2.23. The van der Waals surface area contributed by atoms with Gasteiger partial charge in [-0.15, -0.1) is 10.1 Å². The second-order valence-corrected chi connectivity index (χ2v) is 10.9. The van der Waals surface area contributed by atoms with Crippen LogP contribution in [0.3, 0.4) is 0 Å². The Bertz CT molecular complexity index is 1100. The Morgan fingerprint density at radius 3 is 2.44 bits per heavy atom. The van der Waals surface area contributed by atoms with Crippen LogP contribution in [0.4, 0.5) is 5.69 Å². The van der Waals surface area contributed by atoms with Crippen molar-refractivity contribution in [3.8, 4) is 5.75 Å². The van der Waals surface area contributed by atoms with Crippen LogP contribution in [-0.2, 0) is 20.8 Å². The van der Waals surface area contributed by atoms with E-state index in [2.05, 4.69) is 48.3 Å². The average Bonchev–Trinajstić information content (AvgIpc) is 3.22. The highest BCUT2D eigenvalue weighted by atomic mass is 17.0. The van der Waals surface area contributed by atoms with Crippen LogP contribution in [0.5, 0.6) is 5.75 Å². The minimum absolute atomic E-state index is 0.0352. The molecule has 1 N–H and O–H groups in total. The molecule has 2 aromatic rings. The van der Waals surface area contributed by atoms with E-state index in [4.69, 9.17) is 9.47 Å². The fourth-order valence-corrected chi connectivity index (χ4v) is 4.75. The standard InChI is InChI=1S/C28H38N2O6/c1-17(2)20-8-10-21(11-9-20)23-15-35-27-22(12-13-34-16-36-30(32)33)18(3)26(19(4)25(23)27)29-24(31)14-28(5,6)7/h8-11,17,23H,12-16H2,1-7H3,(H,29,31)/t23-/m1/s1. The van der Waals surface area contributed by atoms with Crippen LogP contribution in [0.2, 0.25) is 0 Å². The largest absolute Gasteiger partial charge is 0.492 e. The molecule has 1 aliphatic rings. The van der Waals surface area contributed by atoms with E-state index in [0.29, 0.717) is 25.4 Å². The SMILES string of the molecule is Cc1c(CCOCO[N+](=O)[O-])c2c(c(C)c1NC(=O)CC(C)(C)C)[C@@H](c1ccc(C(C)C)cc1)CO2. The summed E-state index contributed by atoms with van der Waals surface area (Å²) in [7, 11) is 0. The summed E-state index contributed by atoms with van der Waals surface area (Å²) in [4.78, 5) is 27.6. The molecule has 1 heterocycles. The second-order valence-electron chi connectivity index (χ2n) is 10.9. The van der Waals surface area contributed by atoms with Gasteiger partial charge in [0.2, 0.25) is 5.91 Å². The Balaban J connectivity index is 1.99. The van der Waals surface area contributed by atoms with Gasteiger partial charge in [-0.05, 0) is 53.9 Å². The Hall–Kier alpha value is -3.13. The maximum absolute atomic E-state index is 12.9. The van der Waals surface area contributed by atoms with Gasteiger partial charge in [0.15, 0.2) is 6.79 Å². The Kier molecular flexibility index (Phi) is 8.61. The molecule has 0 aromatic heterocycles. The molecule has 0 bridgehead atoms. The van der Waals surface area contributed by atoms with Gasteiger partial charge >= 0.3 is 0 Å². The minimum atomic E-state index is -0.879. The number of hydrogen-bond donors (Lipinski definition) is 1. The monoisotopic (exact) mass is 498 g/mol. The van der Waals surface area contributed by atoms with E-state index in [1.807, 2.05) is 34.6 Å². The quantitative estimate of drug-likeness (QED) is 0.185. The first-order valence-corrected chi connectivity index (χ1v) is 12.4. The first kappa shape index (κ1) is 27.5. The number of hydrogen-bond acceptors (Lipinski definition) is 6. The highest BCUT2D eigenvalue weighted by molar-refractivity contribution is 5.93. The van der Waals surface area contributed by atoms with Crippen LogP contribution in [0.1, 0.15) is 86.3 Å². The molecule has 8 nitrogen and oxygen atoms in total. The van der Waals surface area contributed by atoms with Gasteiger partial charge in [0.05, 0.1) is 13.2 Å². The lowest BCUT2D eigenvalue weighted by molar-refractivity contribution is -0.767. The summed E-state index contributed by atoms with van der Waals surface area (Å²) in [5, 5.41) is 12.7. The third kappa shape index (κ3) is 6.55. The molecular formula is C28H38N2O6. The van der Waals surface area contributed by atoms with Gasteiger partial charge in [-0.3, -0.25) is 9.63 Å². The number of nitrogens with zero attached hydrogens (tertiary/aromatic N) is 1.